The molecule has 1 aromatic heterocycles. The second-order valence-electron chi connectivity index (χ2n) is 6.52. The average Bonchev–Trinajstić information content (AvgIpc) is 2.70. The minimum Gasteiger partial charge on any atom is -0.393 e. The van der Waals surface area contributed by atoms with Crippen LogP contribution in [0.15, 0.2) is 54.9 Å². The van der Waals surface area contributed by atoms with Gasteiger partial charge in [-0.15, -0.1) is 0 Å². The van der Waals surface area contributed by atoms with Crippen LogP contribution in [0.2, 0.25) is 5.02 Å². The van der Waals surface area contributed by atoms with E-state index in [4.69, 9.17) is 17.3 Å². The van der Waals surface area contributed by atoms with E-state index in [1.54, 1.807) is 24.3 Å². The first kappa shape index (κ1) is 18.3. The van der Waals surface area contributed by atoms with E-state index in [-0.39, 0.29) is 5.82 Å². The maximum absolute atomic E-state index is 14.0. The molecule has 1 saturated heterocycles. The van der Waals surface area contributed by atoms with E-state index in [9.17, 15) is 4.39 Å². The van der Waals surface area contributed by atoms with E-state index >= 15 is 0 Å². The minimum absolute atomic E-state index is 0.203. The van der Waals surface area contributed by atoms with E-state index in [2.05, 4.69) is 20.2 Å². The Balaban J connectivity index is 1.49. The number of para-hydroxylation sites is 1. The summed E-state index contributed by atoms with van der Waals surface area (Å²) in [7, 11) is 0. The third kappa shape index (κ3) is 3.80. The summed E-state index contributed by atoms with van der Waals surface area (Å²) in [5.74, 6) is 1.00. The van der Waals surface area contributed by atoms with Gasteiger partial charge in [-0.2, -0.15) is 0 Å². The van der Waals surface area contributed by atoms with Crippen LogP contribution in [0, 0.1) is 5.82 Å². The summed E-state index contributed by atoms with van der Waals surface area (Å²) >= 11 is 6.04. The fourth-order valence-corrected chi connectivity index (χ4v) is 3.50. The molecule has 0 atom stereocenters. The molecule has 0 saturated carbocycles. The van der Waals surface area contributed by atoms with Crippen molar-refractivity contribution >= 4 is 40.3 Å². The maximum Gasteiger partial charge on any atom is 0.159 e. The van der Waals surface area contributed by atoms with Gasteiger partial charge in [0.15, 0.2) is 11.6 Å². The Hall–Kier alpha value is -3.06. The number of hydrogen-bond acceptors (Lipinski definition) is 6. The Kier molecular flexibility index (Phi) is 5.16. The lowest BCUT2D eigenvalue weighted by molar-refractivity contribution is 0.596. The van der Waals surface area contributed by atoms with Crippen molar-refractivity contribution in [2.45, 2.75) is 0 Å². The summed E-state index contributed by atoms with van der Waals surface area (Å²) < 4.78 is 14.0. The second-order valence-corrected chi connectivity index (χ2v) is 6.96. The van der Waals surface area contributed by atoms with Crippen molar-refractivity contribution in [3.05, 3.63) is 65.7 Å². The van der Waals surface area contributed by atoms with Gasteiger partial charge in [-0.3, -0.25) is 0 Å². The van der Waals surface area contributed by atoms with Gasteiger partial charge in [0.1, 0.15) is 17.8 Å². The van der Waals surface area contributed by atoms with Crippen molar-refractivity contribution in [1.29, 1.82) is 0 Å². The Labute approximate surface area is 167 Å². The van der Waals surface area contributed by atoms with Crippen molar-refractivity contribution in [1.82, 2.24) is 9.97 Å². The van der Waals surface area contributed by atoms with Gasteiger partial charge in [0.05, 0.1) is 5.69 Å². The number of rotatable bonds is 4. The molecular formula is C20H20ClFN6. The molecule has 0 spiro atoms. The Bertz CT molecular complexity index is 974. The number of nitrogens with two attached hydrogens (primary N) is 1. The zero-order valence-corrected chi connectivity index (χ0v) is 15.9. The lowest BCUT2D eigenvalue weighted by atomic mass is 10.2. The summed E-state index contributed by atoms with van der Waals surface area (Å²) in [5, 5.41) is 3.81. The molecule has 1 fully saturated rings. The lowest BCUT2D eigenvalue weighted by Gasteiger charge is -2.37. The molecule has 3 N–H and O–H groups in total. The summed E-state index contributed by atoms with van der Waals surface area (Å²) in [4.78, 5) is 12.8. The van der Waals surface area contributed by atoms with Gasteiger partial charge in [0, 0.05) is 36.9 Å². The number of benzene rings is 2. The number of piperazine rings is 1. The molecule has 0 radical (unpaired) electrons. The number of nitrogens with zero attached hydrogens (tertiary/aromatic N) is 4. The SMILES string of the molecule is Nc1c(Nc2cccc(Cl)c2)ncnc1N1CCN(c2ccccc2F)CC1. The monoisotopic (exact) mass is 398 g/mol. The number of anilines is 5. The first-order valence-corrected chi connectivity index (χ1v) is 9.37. The van der Waals surface area contributed by atoms with E-state index in [1.165, 1.54) is 12.4 Å². The summed E-state index contributed by atoms with van der Waals surface area (Å²) in [6.07, 6.45) is 1.49. The molecule has 8 heteroatoms. The highest BCUT2D eigenvalue weighted by molar-refractivity contribution is 6.30. The van der Waals surface area contributed by atoms with Crippen molar-refractivity contribution in [3.63, 3.8) is 0 Å². The largest absolute Gasteiger partial charge is 0.393 e. The molecular weight excluding hydrogens is 379 g/mol. The molecule has 0 unspecified atom stereocenters. The molecule has 0 amide bonds. The molecule has 4 rings (SSSR count). The van der Waals surface area contributed by atoms with Gasteiger partial charge in [0.25, 0.3) is 0 Å². The van der Waals surface area contributed by atoms with Crippen LogP contribution in [0.3, 0.4) is 0 Å². The fraction of sp³-hybridized carbons (Fsp3) is 0.200. The topological polar surface area (TPSA) is 70.3 Å². The van der Waals surface area contributed by atoms with E-state index < -0.39 is 0 Å². The normalized spacial score (nSPS) is 14.2. The number of aromatic nitrogens is 2. The number of nitrogen functional groups attached to an aromatic ring is 1. The first-order valence-electron chi connectivity index (χ1n) is 8.99. The molecule has 6 nitrogen and oxygen atoms in total. The van der Waals surface area contributed by atoms with Gasteiger partial charge in [-0.05, 0) is 30.3 Å². The molecule has 3 aromatic rings. The number of nitrogens with one attached hydrogen (secondary N) is 1. The molecule has 144 valence electrons. The number of hydrogen-bond donors (Lipinski definition) is 2. The molecule has 2 aromatic carbocycles. The second kappa shape index (κ2) is 7.90. The van der Waals surface area contributed by atoms with Crippen LogP contribution in [-0.2, 0) is 0 Å². The minimum atomic E-state index is -0.203. The van der Waals surface area contributed by atoms with Crippen molar-refractivity contribution in [3.8, 4) is 0 Å². The van der Waals surface area contributed by atoms with Crippen LogP contribution >= 0.6 is 11.6 Å². The van der Waals surface area contributed by atoms with Crippen molar-refractivity contribution in [2.24, 2.45) is 0 Å². The Morgan fingerprint density at radius 1 is 0.964 bits per heavy atom. The smallest absolute Gasteiger partial charge is 0.159 e. The van der Waals surface area contributed by atoms with Crippen molar-refractivity contribution in [2.75, 3.05) is 47.0 Å². The first-order chi connectivity index (χ1) is 13.6. The van der Waals surface area contributed by atoms with Crippen molar-refractivity contribution < 1.29 is 4.39 Å². The zero-order chi connectivity index (χ0) is 19.5. The molecule has 2 heterocycles. The lowest BCUT2D eigenvalue weighted by Crippen LogP contribution is -2.47. The number of halogens is 2. The van der Waals surface area contributed by atoms with Crippen LogP contribution in [0.1, 0.15) is 0 Å². The highest BCUT2D eigenvalue weighted by Crippen LogP contribution is 2.30. The van der Waals surface area contributed by atoms with Crippen LogP contribution in [0.25, 0.3) is 0 Å². The van der Waals surface area contributed by atoms with Gasteiger partial charge < -0.3 is 20.9 Å². The van der Waals surface area contributed by atoms with Gasteiger partial charge >= 0.3 is 0 Å². The Morgan fingerprint density at radius 3 is 2.46 bits per heavy atom. The van der Waals surface area contributed by atoms with Crippen LogP contribution in [0.5, 0.6) is 0 Å². The third-order valence-electron chi connectivity index (χ3n) is 4.72. The molecule has 0 aliphatic carbocycles. The van der Waals surface area contributed by atoms with E-state index in [0.717, 1.165) is 5.69 Å². The van der Waals surface area contributed by atoms with E-state index in [1.807, 2.05) is 23.1 Å². The average molecular weight is 399 g/mol. The molecule has 1 aliphatic rings. The van der Waals surface area contributed by atoms with Crippen LogP contribution in [-0.4, -0.2) is 36.1 Å². The summed E-state index contributed by atoms with van der Waals surface area (Å²) in [6, 6.07) is 14.2. The molecule has 0 bridgehead atoms. The quantitative estimate of drug-likeness (QED) is 0.694. The molecule has 1 aliphatic heterocycles. The standard InChI is InChI=1S/C20H20ClFN6/c21-14-4-3-5-15(12-14)26-19-18(23)20(25-13-24-19)28-10-8-27(9-11-28)17-7-2-1-6-16(17)22/h1-7,12-13H,8-11,23H2,(H,24,25,26). The zero-order valence-electron chi connectivity index (χ0n) is 15.1. The highest BCUT2D eigenvalue weighted by atomic mass is 35.5. The van der Waals surface area contributed by atoms with Gasteiger partial charge in [-0.1, -0.05) is 29.8 Å². The maximum atomic E-state index is 14.0. The highest BCUT2D eigenvalue weighted by Gasteiger charge is 2.22. The summed E-state index contributed by atoms with van der Waals surface area (Å²) in [6.45, 7) is 2.74. The van der Waals surface area contributed by atoms with Crippen LogP contribution < -0.4 is 20.9 Å². The van der Waals surface area contributed by atoms with Crippen LogP contribution in [0.4, 0.5) is 33.1 Å². The van der Waals surface area contributed by atoms with Gasteiger partial charge in [-0.25, -0.2) is 14.4 Å². The van der Waals surface area contributed by atoms with E-state index in [0.29, 0.717) is 54.2 Å². The van der Waals surface area contributed by atoms with Gasteiger partial charge in [0.2, 0.25) is 0 Å². The fourth-order valence-electron chi connectivity index (χ4n) is 3.31. The third-order valence-corrected chi connectivity index (χ3v) is 4.96. The summed E-state index contributed by atoms with van der Waals surface area (Å²) in [5.41, 5.74) is 8.23. The predicted molar refractivity (Wildman–Crippen MR) is 112 cm³/mol. The predicted octanol–water partition coefficient (Wildman–Crippen LogP) is 3.92. The molecule has 28 heavy (non-hydrogen) atoms. The Morgan fingerprint density at radius 2 is 1.71 bits per heavy atom.